The van der Waals surface area contributed by atoms with Gasteiger partial charge in [-0.15, -0.1) is 0 Å². The number of hydrogen-bond acceptors (Lipinski definition) is 7. The SMILES string of the molecule is CCOc1ccc(C2CC(=O)C3=C(C2)Nc2ccccc2NC3c2cc(Cl)c(O)c(OCC)c2)cc1OC. The summed E-state index contributed by atoms with van der Waals surface area (Å²) in [7, 11) is 1.62. The number of methoxy groups -OCH3 is 1. The van der Waals surface area contributed by atoms with Gasteiger partial charge < -0.3 is 30.0 Å². The molecule has 1 aliphatic heterocycles. The summed E-state index contributed by atoms with van der Waals surface area (Å²) < 4.78 is 16.9. The zero-order chi connectivity index (χ0) is 26.8. The number of carbonyl (C=O) groups is 1. The van der Waals surface area contributed by atoms with Gasteiger partial charge in [0.2, 0.25) is 0 Å². The van der Waals surface area contributed by atoms with Crippen molar-refractivity contribution < 1.29 is 24.1 Å². The van der Waals surface area contributed by atoms with E-state index in [0.717, 1.165) is 28.2 Å². The van der Waals surface area contributed by atoms with Crippen LogP contribution >= 0.6 is 11.6 Å². The predicted molar refractivity (Wildman–Crippen MR) is 149 cm³/mol. The molecule has 3 N–H and O–H groups in total. The fourth-order valence-corrected chi connectivity index (χ4v) is 5.44. The average Bonchev–Trinajstić information content (AvgIpc) is 3.08. The Balaban J connectivity index is 1.59. The molecule has 2 aliphatic rings. The minimum atomic E-state index is -0.484. The van der Waals surface area contributed by atoms with Crippen LogP contribution in [-0.4, -0.2) is 31.2 Å². The van der Waals surface area contributed by atoms with Crippen molar-refractivity contribution in [2.45, 2.75) is 38.6 Å². The van der Waals surface area contributed by atoms with Gasteiger partial charge in [0.05, 0.1) is 42.8 Å². The lowest BCUT2D eigenvalue weighted by atomic mass is 9.78. The highest BCUT2D eigenvalue weighted by molar-refractivity contribution is 6.32. The number of para-hydroxylation sites is 2. The fourth-order valence-electron chi connectivity index (χ4n) is 5.22. The maximum absolute atomic E-state index is 13.9. The number of rotatable bonds is 7. The highest BCUT2D eigenvalue weighted by Gasteiger charge is 2.37. The molecule has 3 aromatic rings. The third-order valence-electron chi connectivity index (χ3n) is 6.95. The number of nitrogens with one attached hydrogen (secondary N) is 2. The van der Waals surface area contributed by atoms with Crippen LogP contribution in [0.2, 0.25) is 5.02 Å². The lowest BCUT2D eigenvalue weighted by Gasteiger charge is -2.30. The molecule has 7 nitrogen and oxygen atoms in total. The van der Waals surface area contributed by atoms with Crippen molar-refractivity contribution in [3.05, 3.63) is 82.0 Å². The van der Waals surface area contributed by atoms with Gasteiger partial charge in [0, 0.05) is 17.7 Å². The summed E-state index contributed by atoms with van der Waals surface area (Å²) in [5.74, 6) is 1.50. The Morgan fingerprint density at radius 2 is 1.63 bits per heavy atom. The number of Topliss-reactive ketones (excluding diaryl/α,β-unsaturated/α-hetero) is 1. The molecule has 5 rings (SSSR count). The van der Waals surface area contributed by atoms with Gasteiger partial charge in [-0.1, -0.05) is 29.8 Å². The van der Waals surface area contributed by atoms with E-state index in [0.29, 0.717) is 43.1 Å². The largest absolute Gasteiger partial charge is 0.503 e. The van der Waals surface area contributed by atoms with Gasteiger partial charge in [-0.25, -0.2) is 0 Å². The Kier molecular flexibility index (Phi) is 7.38. The van der Waals surface area contributed by atoms with Gasteiger partial charge in [0.15, 0.2) is 28.8 Å². The quantitative estimate of drug-likeness (QED) is 0.306. The molecular formula is C30H31ClN2O5. The lowest BCUT2D eigenvalue weighted by molar-refractivity contribution is -0.116. The van der Waals surface area contributed by atoms with Crippen molar-refractivity contribution in [1.29, 1.82) is 0 Å². The Hall–Kier alpha value is -3.84. The van der Waals surface area contributed by atoms with E-state index in [-0.39, 0.29) is 28.2 Å². The molecule has 0 saturated heterocycles. The number of phenols is 1. The van der Waals surface area contributed by atoms with Crippen LogP contribution in [0, 0.1) is 0 Å². The first-order valence-electron chi connectivity index (χ1n) is 12.8. The van der Waals surface area contributed by atoms with Crippen molar-refractivity contribution in [3.63, 3.8) is 0 Å². The van der Waals surface area contributed by atoms with Gasteiger partial charge in [0.25, 0.3) is 0 Å². The topological polar surface area (TPSA) is 89.1 Å². The summed E-state index contributed by atoms with van der Waals surface area (Å²) in [6.45, 7) is 4.68. The molecule has 8 heteroatoms. The summed E-state index contributed by atoms with van der Waals surface area (Å²) in [5.41, 5.74) is 5.00. The van der Waals surface area contributed by atoms with Crippen molar-refractivity contribution in [2.24, 2.45) is 0 Å². The molecule has 1 heterocycles. The summed E-state index contributed by atoms with van der Waals surface area (Å²) in [4.78, 5) is 13.9. The predicted octanol–water partition coefficient (Wildman–Crippen LogP) is 6.83. The van der Waals surface area contributed by atoms with Crippen LogP contribution in [0.5, 0.6) is 23.0 Å². The Labute approximate surface area is 227 Å². The number of allylic oxidation sites excluding steroid dienone is 1. The van der Waals surface area contributed by atoms with Crippen LogP contribution in [0.15, 0.2) is 65.9 Å². The molecule has 0 radical (unpaired) electrons. The van der Waals surface area contributed by atoms with Crippen LogP contribution < -0.4 is 24.8 Å². The molecule has 0 fully saturated rings. The number of ether oxygens (including phenoxy) is 3. The van der Waals surface area contributed by atoms with E-state index < -0.39 is 6.04 Å². The maximum atomic E-state index is 13.9. The van der Waals surface area contributed by atoms with E-state index in [1.165, 1.54) is 0 Å². The second-order valence-electron chi connectivity index (χ2n) is 9.29. The van der Waals surface area contributed by atoms with Crippen LogP contribution in [0.25, 0.3) is 0 Å². The van der Waals surface area contributed by atoms with E-state index >= 15 is 0 Å². The monoisotopic (exact) mass is 534 g/mol. The molecule has 1 aliphatic carbocycles. The normalized spacial score (nSPS) is 18.5. The Morgan fingerprint density at radius 3 is 2.37 bits per heavy atom. The van der Waals surface area contributed by atoms with E-state index in [2.05, 4.69) is 10.6 Å². The van der Waals surface area contributed by atoms with Gasteiger partial charge in [0.1, 0.15) is 0 Å². The molecule has 3 aromatic carbocycles. The van der Waals surface area contributed by atoms with Crippen molar-refractivity contribution in [1.82, 2.24) is 0 Å². The van der Waals surface area contributed by atoms with Crippen LogP contribution in [0.4, 0.5) is 11.4 Å². The number of fused-ring (bicyclic) bond motifs is 1. The first-order valence-corrected chi connectivity index (χ1v) is 13.2. The molecule has 198 valence electrons. The van der Waals surface area contributed by atoms with E-state index in [1.807, 2.05) is 56.3 Å². The van der Waals surface area contributed by atoms with Crippen molar-refractivity contribution in [2.75, 3.05) is 31.0 Å². The van der Waals surface area contributed by atoms with Crippen LogP contribution in [0.1, 0.15) is 49.8 Å². The molecule has 2 unspecified atom stereocenters. The number of carbonyl (C=O) groups excluding carboxylic acids is 1. The van der Waals surface area contributed by atoms with Crippen molar-refractivity contribution >= 4 is 28.8 Å². The van der Waals surface area contributed by atoms with Crippen LogP contribution in [-0.2, 0) is 4.79 Å². The van der Waals surface area contributed by atoms with Crippen LogP contribution in [0.3, 0.4) is 0 Å². The van der Waals surface area contributed by atoms with E-state index in [4.69, 9.17) is 25.8 Å². The molecule has 0 saturated carbocycles. The zero-order valence-electron chi connectivity index (χ0n) is 21.6. The second kappa shape index (κ2) is 10.9. The van der Waals surface area contributed by atoms with Gasteiger partial charge in [-0.05, 0) is 73.7 Å². The lowest BCUT2D eigenvalue weighted by Crippen LogP contribution is -2.27. The zero-order valence-corrected chi connectivity index (χ0v) is 22.4. The highest BCUT2D eigenvalue weighted by atomic mass is 35.5. The standard InChI is InChI=1S/C30H31ClN2O5/c1-4-37-25-11-10-17(15-26(25)36-3)18-13-23-28(24(34)14-18)29(33-22-9-7-6-8-21(22)32-23)19-12-20(31)30(35)27(16-19)38-5-2/h6-12,15-16,18,29,32-33,35H,4-5,13-14H2,1-3H3. The number of anilines is 2. The first-order chi connectivity index (χ1) is 18.4. The third-order valence-corrected chi connectivity index (χ3v) is 7.24. The number of ketones is 1. The minimum Gasteiger partial charge on any atom is -0.503 e. The summed E-state index contributed by atoms with van der Waals surface area (Å²) in [6.07, 6.45) is 0.977. The molecule has 38 heavy (non-hydrogen) atoms. The number of hydrogen-bond donors (Lipinski definition) is 3. The number of benzene rings is 3. The van der Waals surface area contributed by atoms with Gasteiger partial charge in [-0.2, -0.15) is 0 Å². The summed E-state index contributed by atoms with van der Waals surface area (Å²) >= 11 is 6.40. The molecule has 2 atom stereocenters. The first kappa shape index (κ1) is 25.8. The molecule has 0 spiro atoms. The third kappa shape index (κ3) is 4.86. The maximum Gasteiger partial charge on any atom is 0.176 e. The average molecular weight is 535 g/mol. The smallest absolute Gasteiger partial charge is 0.176 e. The molecule has 0 amide bonds. The number of halogens is 1. The Morgan fingerprint density at radius 1 is 0.921 bits per heavy atom. The summed E-state index contributed by atoms with van der Waals surface area (Å²) in [5, 5.41) is 17.7. The Bertz CT molecular complexity index is 1400. The van der Waals surface area contributed by atoms with E-state index in [1.54, 1.807) is 19.2 Å². The van der Waals surface area contributed by atoms with E-state index in [9.17, 15) is 9.90 Å². The molecular weight excluding hydrogens is 504 g/mol. The molecule has 0 bridgehead atoms. The molecule has 0 aromatic heterocycles. The summed E-state index contributed by atoms with van der Waals surface area (Å²) in [6, 6.07) is 16.7. The number of phenolic OH excluding ortho intramolecular Hbond substituents is 1. The number of aromatic hydroxyl groups is 1. The fraction of sp³-hybridized carbons (Fsp3) is 0.300. The minimum absolute atomic E-state index is 0.0315. The van der Waals surface area contributed by atoms with Gasteiger partial charge in [-0.3, -0.25) is 4.79 Å². The second-order valence-corrected chi connectivity index (χ2v) is 9.70. The van der Waals surface area contributed by atoms with Crippen molar-refractivity contribution in [3.8, 4) is 23.0 Å². The van der Waals surface area contributed by atoms with Gasteiger partial charge >= 0.3 is 0 Å². The highest BCUT2D eigenvalue weighted by Crippen LogP contribution is 2.47.